The number of carboxylic acid groups (broad SMARTS) is 1. The number of nitrogens with zero attached hydrogens (tertiary/aromatic N) is 2. The number of aromatic nitrogens is 1. The molecule has 4 nitrogen and oxygen atoms in total. The lowest BCUT2D eigenvalue weighted by Gasteiger charge is -2.27. The van der Waals surface area contributed by atoms with Crippen molar-refractivity contribution in [3.63, 3.8) is 0 Å². The number of halogens is 1. The van der Waals surface area contributed by atoms with E-state index in [1.54, 1.807) is 6.08 Å². The van der Waals surface area contributed by atoms with Crippen LogP contribution < -0.4 is 0 Å². The van der Waals surface area contributed by atoms with Crippen LogP contribution in [0.25, 0.3) is 17.0 Å². The van der Waals surface area contributed by atoms with Crippen molar-refractivity contribution in [3.05, 3.63) is 41.1 Å². The minimum atomic E-state index is -0.914. The van der Waals surface area contributed by atoms with Gasteiger partial charge in [0.2, 0.25) is 0 Å². The van der Waals surface area contributed by atoms with E-state index >= 15 is 0 Å². The summed E-state index contributed by atoms with van der Waals surface area (Å²) in [6, 6.07) is 6.26. The molecule has 0 saturated heterocycles. The van der Waals surface area contributed by atoms with Crippen molar-refractivity contribution in [1.29, 1.82) is 0 Å². The zero-order chi connectivity index (χ0) is 17.1. The van der Waals surface area contributed by atoms with E-state index in [1.165, 1.54) is 34.7 Å². The van der Waals surface area contributed by atoms with E-state index in [4.69, 9.17) is 5.11 Å². The van der Waals surface area contributed by atoms with Crippen molar-refractivity contribution in [2.24, 2.45) is 0 Å². The van der Waals surface area contributed by atoms with E-state index in [1.807, 2.05) is 6.07 Å². The normalized spacial score (nSPS) is 15.2. The third-order valence-electron chi connectivity index (χ3n) is 4.62. The first-order chi connectivity index (χ1) is 11.6. The number of fused-ring (bicyclic) bond motifs is 3. The van der Waals surface area contributed by atoms with E-state index in [-0.39, 0.29) is 0 Å². The van der Waals surface area contributed by atoms with Gasteiger partial charge in [-0.15, -0.1) is 0 Å². The summed E-state index contributed by atoms with van der Waals surface area (Å²) in [6.07, 6.45) is 5.12. The van der Waals surface area contributed by atoms with Gasteiger partial charge in [-0.25, -0.2) is 4.79 Å². The van der Waals surface area contributed by atoms with E-state index < -0.39 is 5.97 Å². The Bertz CT molecular complexity index is 779. The molecule has 0 bridgehead atoms. The molecule has 2 aromatic rings. The highest BCUT2D eigenvalue weighted by Gasteiger charge is 2.23. The maximum absolute atomic E-state index is 10.8. The summed E-state index contributed by atoms with van der Waals surface area (Å²) in [5.41, 5.74) is 5.05. The molecule has 1 aromatic carbocycles. The van der Waals surface area contributed by atoms with Gasteiger partial charge in [0.15, 0.2) is 0 Å². The fourth-order valence-corrected chi connectivity index (χ4v) is 4.00. The number of aryl methyl sites for hydroxylation is 1. The number of rotatable bonds is 6. The highest BCUT2D eigenvalue weighted by atomic mass is 79.9. The van der Waals surface area contributed by atoms with Crippen LogP contribution in [-0.2, 0) is 24.3 Å². The molecule has 1 aliphatic rings. The van der Waals surface area contributed by atoms with Crippen molar-refractivity contribution in [1.82, 2.24) is 9.47 Å². The van der Waals surface area contributed by atoms with Crippen molar-refractivity contribution in [2.45, 2.75) is 32.9 Å². The molecule has 0 saturated carbocycles. The third-order valence-corrected chi connectivity index (χ3v) is 4.98. The molecule has 3 rings (SSSR count). The molecule has 0 radical (unpaired) electrons. The van der Waals surface area contributed by atoms with Gasteiger partial charge in [0.25, 0.3) is 0 Å². The Hall–Kier alpha value is -1.59. The second kappa shape index (κ2) is 7.53. The lowest BCUT2D eigenvalue weighted by Crippen LogP contribution is -2.31. The Morgan fingerprint density at radius 1 is 1.38 bits per heavy atom. The van der Waals surface area contributed by atoms with Crippen LogP contribution in [-0.4, -0.2) is 39.0 Å². The van der Waals surface area contributed by atoms with Gasteiger partial charge in [-0.05, 0) is 42.3 Å². The summed E-state index contributed by atoms with van der Waals surface area (Å²) in [5, 5.41) is 11.0. The van der Waals surface area contributed by atoms with Gasteiger partial charge in [0.05, 0.1) is 0 Å². The smallest absolute Gasteiger partial charge is 0.328 e. The van der Waals surface area contributed by atoms with E-state index in [9.17, 15) is 4.79 Å². The highest BCUT2D eigenvalue weighted by Crippen LogP contribution is 2.32. The number of alkyl halides is 1. The van der Waals surface area contributed by atoms with Crippen LogP contribution in [0.2, 0.25) is 0 Å². The second-order valence-corrected chi connectivity index (χ2v) is 7.03. The topological polar surface area (TPSA) is 45.5 Å². The number of aliphatic carboxylic acids is 1. The van der Waals surface area contributed by atoms with Crippen molar-refractivity contribution in [2.75, 3.05) is 18.4 Å². The molecule has 0 aliphatic carbocycles. The minimum Gasteiger partial charge on any atom is -0.478 e. The summed E-state index contributed by atoms with van der Waals surface area (Å²) >= 11 is 3.57. The van der Waals surface area contributed by atoms with Gasteiger partial charge in [-0.1, -0.05) is 28.9 Å². The van der Waals surface area contributed by atoms with Gasteiger partial charge in [-0.2, -0.15) is 0 Å². The predicted molar refractivity (Wildman–Crippen MR) is 102 cm³/mol. The number of benzene rings is 1. The molecule has 0 amide bonds. The average Bonchev–Trinajstić information content (AvgIpc) is 2.87. The standard InChI is InChI=1S/C19H23BrN2O2/c1-2-9-21-10-7-18-16(13-21)15-12-14(4-6-19(23)24)3-5-17(15)22(18)11-8-20/h3-6,12H,2,7-11,13H2,1H3,(H,23,24)/b6-4+. The van der Waals surface area contributed by atoms with Crippen LogP contribution in [0.15, 0.2) is 24.3 Å². The van der Waals surface area contributed by atoms with Crippen molar-refractivity contribution in [3.8, 4) is 0 Å². The van der Waals surface area contributed by atoms with Gasteiger partial charge in [-0.3, -0.25) is 4.90 Å². The molecule has 1 aromatic heterocycles. The third kappa shape index (κ3) is 3.42. The molecule has 1 N–H and O–H groups in total. The number of carboxylic acids is 1. The van der Waals surface area contributed by atoms with Crippen LogP contribution >= 0.6 is 15.9 Å². The first-order valence-electron chi connectivity index (χ1n) is 8.47. The summed E-state index contributed by atoms with van der Waals surface area (Å²) in [6.45, 7) is 6.41. The lowest BCUT2D eigenvalue weighted by molar-refractivity contribution is -0.131. The Morgan fingerprint density at radius 3 is 2.92 bits per heavy atom. The van der Waals surface area contributed by atoms with Crippen LogP contribution in [0.4, 0.5) is 0 Å². The minimum absolute atomic E-state index is 0.914. The number of hydrogen-bond acceptors (Lipinski definition) is 2. The lowest BCUT2D eigenvalue weighted by atomic mass is 10.0. The Balaban J connectivity index is 2.08. The monoisotopic (exact) mass is 390 g/mol. The first-order valence-corrected chi connectivity index (χ1v) is 9.59. The number of carbonyl (C=O) groups is 1. The average molecular weight is 391 g/mol. The Labute approximate surface area is 150 Å². The van der Waals surface area contributed by atoms with Gasteiger partial charge in [0, 0.05) is 54.1 Å². The molecule has 24 heavy (non-hydrogen) atoms. The highest BCUT2D eigenvalue weighted by molar-refractivity contribution is 9.09. The Kier molecular flexibility index (Phi) is 5.41. The van der Waals surface area contributed by atoms with Crippen molar-refractivity contribution >= 4 is 38.9 Å². The quantitative estimate of drug-likeness (QED) is 0.600. The van der Waals surface area contributed by atoms with Gasteiger partial charge >= 0.3 is 5.97 Å². The maximum atomic E-state index is 10.8. The SMILES string of the molecule is CCCN1CCc2c(c3cc(/C=C/C(=O)O)ccc3n2CCBr)C1. The van der Waals surface area contributed by atoms with Crippen molar-refractivity contribution < 1.29 is 9.90 Å². The molecule has 2 heterocycles. The molecular weight excluding hydrogens is 368 g/mol. The number of hydrogen-bond donors (Lipinski definition) is 1. The fourth-order valence-electron chi connectivity index (χ4n) is 3.64. The predicted octanol–water partition coefficient (Wildman–Crippen LogP) is 3.90. The molecular formula is C19H23BrN2O2. The Morgan fingerprint density at radius 2 is 2.21 bits per heavy atom. The van der Waals surface area contributed by atoms with Crippen LogP contribution in [0, 0.1) is 0 Å². The molecule has 0 atom stereocenters. The maximum Gasteiger partial charge on any atom is 0.328 e. The molecule has 0 fully saturated rings. The first kappa shape index (κ1) is 17.2. The van der Waals surface area contributed by atoms with Crippen LogP contribution in [0.1, 0.15) is 30.2 Å². The van der Waals surface area contributed by atoms with Gasteiger partial charge < -0.3 is 9.67 Å². The molecule has 128 valence electrons. The van der Waals surface area contributed by atoms with Gasteiger partial charge in [0.1, 0.15) is 0 Å². The molecule has 5 heteroatoms. The fraction of sp³-hybridized carbons (Fsp3) is 0.421. The van der Waals surface area contributed by atoms with E-state index in [0.29, 0.717) is 0 Å². The summed E-state index contributed by atoms with van der Waals surface area (Å²) < 4.78 is 2.42. The second-order valence-electron chi connectivity index (χ2n) is 6.24. The molecule has 0 spiro atoms. The molecule has 0 unspecified atom stereocenters. The van der Waals surface area contributed by atoms with E-state index in [2.05, 4.69) is 44.5 Å². The van der Waals surface area contributed by atoms with Crippen LogP contribution in [0.5, 0.6) is 0 Å². The van der Waals surface area contributed by atoms with Crippen LogP contribution in [0.3, 0.4) is 0 Å². The summed E-state index contributed by atoms with van der Waals surface area (Å²) in [5.74, 6) is -0.914. The zero-order valence-electron chi connectivity index (χ0n) is 14.0. The summed E-state index contributed by atoms with van der Waals surface area (Å²) in [4.78, 5) is 13.3. The summed E-state index contributed by atoms with van der Waals surface area (Å²) in [7, 11) is 0. The zero-order valence-corrected chi connectivity index (χ0v) is 15.6. The molecule has 1 aliphatic heterocycles. The van der Waals surface area contributed by atoms with E-state index in [0.717, 1.165) is 43.5 Å². The largest absolute Gasteiger partial charge is 0.478 e.